The van der Waals surface area contributed by atoms with Crippen LogP contribution in [0, 0.1) is 5.95 Å². The van der Waals surface area contributed by atoms with Gasteiger partial charge in [0.05, 0.1) is 5.02 Å². The maximum Gasteiger partial charge on any atom is 0.294 e. The summed E-state index contributed by atoms with van der Waals surface area (Å²) in [6.45, 7) is 0. The maximum atomic E-state index is 13.8. The van der Waals surface area contributed by atoms with Gasteiger partial charge in [0.15, 0.2) is 5.58 Å². The van der Waals surface area contributed by atoms with Crippen molar-refractivity contribution in [3.63, 3.8) is 0 Å². The van der Waals surface area contributed by atoms with Crippen LogP contribution >= 0.6 is 11.6 Å². The Morgan fingerprint density at radius 2 is 1.65 bits per heavy atom. The summed E-state index contributed by atoms with van der Waals surface area (Å²) in [5.41, 5.74) is 0.542. The summed E-state index contributed by atoms with van der Waals surface area (Å²) >= 11 is 5.81. The molecule has 0 aliphatic carbocycles. The number of aromatic nitrogens is 2. The second-order valence-corrected chi connectivity index (χ2v) is 7.77. The van der Waals surface area contributed by atoms with Gasteiger partial charge in [0.25, 0.3) is 17.7 Å². The van der Waals surface area contributed by atoms with E-state index in [1.165, 1.54) is 53.6 Å². The summed E-state index contributed by atoms with van der Waals surface area (Å²) in [7, 11) is 3.23. The molecule has 34 heavy (non-hydrogen) atoms. The smallest absolute Gasteiger partial charge is 0.294 e. The Morgan fingerprint density at radius 1 is 0.941 bits per heavy atom. The first kappa shape index (κ1) is 22.9. The maximum absolute atomic E-state index is 13.8. The minimum absolute atomic E-state index is 0.0398. The van der Waals surface area contributed by atoms with Crippen LogP contribution in [0.2, 0.25) is 5.02 Å². The highest BCUT2D eigenvalue weighted by atomic mass is 35.5. The molecule has 3 amide bonds. The largest absolute Gasteiger partial charge is 0.447 e. The predicted octanol–water partition coefficient (Wildman–Crippen LogP) is 4.22. The lowest BCUT2D eigenvalue weighted by Gasteiger charge is -2.10. The van der Waals surface area contributed by atoms with Crippen molar-refractivity contribution in [2.75, 3.05) is 24.7 Å². The van der Waals surface area contributed by atoms with Gasteiger partial charge in [-0.1, -0.05) is 11.6 Å². The molecule has 9 nitrogen and oxygen atoms in total. The number of benzene rings is 1. The Hall–Kier alpha value is -4.31. The Bertz CT molecular complexity index is 1400. The number of nitrogens with zero attached hydrogens (tertiary/aromatic N) is 3. The number of hydrogen-bond acceptors (Lipinski definition) is 6. The molecule has 2 N–H and O–H groups in total. The third-order valence-corrected chi connectivity index (χ3v) is 4.94. The molecule has 0 radical (unpaired) electrons. The summed E-state index contributed by atoms with van der Waals surface area (Å²) in [6, 6.07) is 11.3. The van der Waals surface area contributed by atoms with Crippen molar-refractivity contribution >= 4 is 51.9 Å². The summed E-state index contributed by atoms with van der Waals surface area (Å²) in [4.78, 5) is 47.0. The van der Waals surface area contributed by atoms with E-state index >= 15 is 0 Å². The van der Waals surface area contributed by atoms with Crippen molar-refractivity contribution < 1.29 is 23.2 Å². The summed E-state index contributed by atoms with van der Waals surface area (Å²) in [5, 5.41) is 5.47. The highest BCUT2D eigenvalue weighted by molar-refractivity contribution is 6.30. The van der Waals surface area contributed by atoms with Crippen molar-refractivity contribution in [3.05, 3.63) is 82.6 Å². The minimum atomic E-state index is -0.818. The van der Waals surface area contributed by atoms with Crippen LogP contribution in [0.15, 0.2) is 59.1 Å². The van der Waals surface area contributed by atoms with Gasteiger partial charge in [-0.3, -0.25) is 14.4 Å². The van der Waals surface area contributed by atoms with Crippen LogP contribution in [-0.4, -0.2) is 46.7 Å². The molecule has 0 aliphatic rings. The first-order valence-electron chi connectivity index (χ1n) is 9.88. The second kappa shape index (κ2) is 9.28. The molecule has 0 saturated carbocycles. The van der Waals surface area contributed by atoms with Gasteiger partial charge in [0.1, 0.15) is 17.0 Å². The van der Waals surface area contributed by atoms with E-state index in [0.29, 0.717) is 10.6 Å². The van der Waals surface area contributed by atoms with Crippen molar-refractivity contribution in [1.82, 2.24) is 14.9 Å². The monoisotopic (exact) mass is 481 g/mol. The summed E-state index contributed by atoms with van der Waals surface area (Å²) in [6.07, 6.45) is 1.35. The van der Waals surface area contributed by atoms with E-state index in [4.69, 9.17) is 16.0 Å². The molecule has 0 spiro atoms. The number of rotatable bonds is 5. The number of anilines is 2. The predicted molar refractivity (Wildman–Crippen MR) is 124 cm³/mol. The molecule has 4 aromatic rings. The van der Waals surface area contributed by atoms with E-state index in [2.05, 4.69) is 20.6 Å². The van der Waals surface area contributed by atoms with Crippen molar-refractivity contribution in [2.24, 2.45) is 0 Å². The van der Waals surface area contributed by atoms with Crippen molar-refractivity contribution in [3.8, 4) is 0 Å². The SMILES string of the molecule is CN(C)C(=O)c1ccc(C(=O)Nc2c(C(=O)Nc3ccc(Cl)cn3)oc3ccc(F)nc23)cc1. The average molecular weight is 482 g/mol. The zero-order chi connectivity index (χ0) is 24.4. The summed E-state index contributed by atoms with van der Waals surface area (Å²) in [5.74, 6) is -2.50. The third-order valence-electron chi connectivity index (χ3n) is 4.71. The van der Waals surface area contributed by atoms with E-state index in [0.717, 1.165) is 6.07 Å². The third kappa shape index (κ3) is 4.71. The molecule has 0 atom stereocenters. The van der Waals surface area contributed by atoms with E-state index < -0.39 is 17.8 Å². The van der Waals surface area contributed by atoms with Gasteiger partial charge in [-0.15, -0.1) is 0 Å². The molecule has 0 saturated heterocycles. The molecule has 3 heterocycles. The minimum Gasteiger partial charge on any atom is -0.447 e. The summed E-state index contributed by atoms with van der Waals surface area (Å²) < 4.78 is 19.4. The lowest BCUT2D eigenvalue weighted by molar-refractivity contribution is 0.0826. The number of pyridine rings is 2. The van der Waals surface area contributed by atoms with E-state index in [1.807, 2.05) is 0 Å². The van der Waals surface area contributed by atoms with E-state index in [-0.39, 0.29) is 39.8 Å². The average Bonchev–Trinajstić information content (AvgIpc) is 3.17. The first-order chi connectivity index (χ1) is 16.2. The van der Waals surface area contributed by atoms with Gasteiger partial charge in [-0.25, -0.2) is 9.97 Å². The number of halogens is 2. The van der Waals surface area contributed by atoms with Gasteiger partial charge >= 0.3 is 0 Å². The Kier molecular flexibility index (Phi) is 6.24. The number of nitrogens with one attached hydrogen (secondary N) is 2. The Balaban J connectivity index is 1.66. The molecule has 0 unspecified atom stereocenters. The van der Waals surface area contributed by atoms with E-state index in [9.17, 15) is 18.8 Å². The second-order valence-electron chi connectivity index (χ2n) is 7.33. The van der Waals surface area contributed by atoms with Crippen LogP contribution in [0.25, 0.3) is 11.1 Å². The molecule has 1 aromatic carbocycles. The topological polar surface area (TPSA) is 117 Å². The van der Waals surface area contributed by atoms with Crippen molar-refractivity contribution in [2.45, 2.75) is 0 Å². The van der Waals surface area contributed by atoms with Gasteiger partial charge < -0.3 is 20.0 Å². The number of hydrogen-bond donors (Lipinski definition) is 2. The lowest BCUT2D eigenvalue weighted by Crippen LogP contribution is -2.22. The van der Waals surface area contributed by atoms with Gasteiger partial charge in [-0.2, -0.15) is 4.39 Å². The number of carbonyl (C=O) groups excluding carboxylic acids is 3. The quantitative estimate of drug-likeness (QED) is 0.412. The lowest BCUT2D eigenvalue weighted by atomic mass is 10.1. The number of amides is 3. The van der Waals surface area contributed by atoms with Gasteiger partial charge in [0.2, 0.25) is 11.7 Å². The van der Waals surface area contributed by atoms with Gasteiger partial charge in [0, 0.05) is 31.4 Å². The van der Waals surface area contributed by atoms with Crippen LogP contribution in [0.5, 0.6) is 0 Å². The van der Waals surface area contributed by atoms with Gasteiger partial charge in [-0.05, 0) is 48.5 Å². The number of carbonyl (C=O) groups is 3. The molecular formula is C23H17ClFN5O4. The zero-order valence-electron chi connectivity index (χ0n) is 17.9. The molecule has 3 aromatic heterocycles. The molecular weight excluding hydrogens is 465 g/mol. The van der Waals surface area contributed by atoms with Crippen molar-refractivity contribution in [1.29, 1.82) is 0 Å². The fourth-order valence-electron chi connectivity index (χ4n) is 3.06. The van der Waals surface area contributed by atoms with Crippen LogP contribution in [0.3, 0.4) is 0 Å². The molecule has 172 valence electrons. The van der Waals surface area contributed by atoms with Crippen LogP contribution in [0.4, 0.5) is 15.9 Å². The molecule has 4 rings (SSSR count). The molecule has 11 heteroatoms. The molecule has 0 fully saturated rings. The first-order valence-corrected chi connectivity index (χ1v) is 10.3. The van der Waals surface area contributed by atoms with Crippen LogP contribution < -0.4 is 10.6 Å². The fraction of sp³-hybridized carbons (Fsp3) is 0.0870. The Morgan fingerprint density at radius 3 is 2.29 bits per heavy atom. The molecule has 0 bridgehead atoms. The zero-order valence-corrected chi connectivity index (χ0v) is 18.7. The number of fused-ring (bicyclic) bond motifs is 1. The van der Waals surface area contributed by atoms with Crippen LogP contribution in [-0.2, 0) is 0 Å². The highest BCUT2D eigenvalue weighted by Gasteiger charge is 2.25. The highest BCUT2D eigenvalue weighted by Crippen LogP contribution is 2.31. The Labute approximate surface area is 197 Å². The number of furan rings is 1. The van der Waals surface area contributed by atoms with E-state index in [1.54, 1.807) is 14.1 Å². The molecule has 0 aliphatic heterocycles. The normalized spacial score (nSPS) is 10.7. The van der Waals surface area contributed by atoms with Crippen LogP contribution in [0.1, 0.15) is 31.3 Å². The fourth-order valence-corrected chi connectivity index (χ4v) is 3.17. The standard InChI is InChI=1S/C23H17ClFN5O4/c1-30(2)23(33)13-5-3-12(4-6-13)21(31)29-19-18-15(8-9-16(25)27-18)34-20(19)22(32)28-17-10-7-14(24)11-26-17/h3-11H,1-2H3,(H,29,31)(H,26,28,32).